The van der Waals surface area contributed by atoms with Crippen LogP contribution >= 0.6 is 11.8 Å². The Bertz CT molecular complexity index is 158. The summed E-state index contributed by atoms with van der Waals surface area (Å²) in [6.45, 7) is 8.56. The summed E-state index contributed by atoms with van der Waals surface area (Å²) in [5.41, 5.74) is 0.449. The van der Waals surface area contributed by atoms with Crippen LogP contribution < -0.4 is 5.32 Å². The van der Waals surface area contributed by atoms with E-state index < -0.39 is 0 Å². The predicted octanol–water partition coefficient (Wildman–Crippen LogP) is 2.54. The average molecular weight is 231 g/mol. The van der Waals surface area contributed by atoms with Crippen LogP contribution in [0, 0.1) is 5.41 Å². The molecule has 0 bridgehead atoms. The largest absolute Gasteiger partial charge is 0.381 e. The number of hydrogen-bond acceptors (Lipinski definition) is 3. The Hall–Kier alpha value is 0.270. The van der Waals surface area contributed by atoms with Gasteiger partial charge >= 0.3 is 0 Å². The van der Waals surface area contributed by atoms with Crippen molar-refractivity contribution in [2.45, 2.75) is 33.1 Å². The fraction of sp³-hybridized carbons (Fsp3) is 1.00. The molecule has 0 aromatic carbocycles. The molecular weight excluding hydrogens is 206 g/mol. The van der Waals surface area contributed by atoms with E-state index in [9.17, 15) is 0 Å². The van der Waals surface area contributed by atoms with Crippen molar-refractivity contribution in [2.24, 2.45) is 5.41 Å². The van der Waals surface area contributed by atoms with E-state index in [4.69, 9.17) is 4.74 Å². The van der Waals surface area contributed by atoms with Crippen molar-refractivity contribution in [1.82, 2.24) is 5.32 Å². The summed E-state index contributed by atoms with van der Waals surface area (Å²) in [7, 11) is 0. The Morgan fingerprint density at radius 2 is 2.27 bits per heavy atom. The lowest BCUT2D eigenvalue weighted by Crippen LogP contribution is -2.35. The van der Waals surface area contributed by atoms with Crippen LogP contribution in [-0.2, 0) is 4.74 Å². The number of rotatable bonds is 8. The highest BCUT2D eigenvalue weighted by molar-refractivity contribution is 7.99. The molecule has 15 heavy (non-hydrogen) atoms. The maximum absolute atomic E-state index is 5.57. The van der Waals surface area contributed by atoms with Crippen LogP contribution in [0.15, 0.2) is 0 Å². The first kappa shape index (κ1) is 13.3. The first-order valence-corrected chi connectivity index (χ1v) is 7.34. The van der Waals surface area contributed by atoms with Crippen molar-refractivity contribution in [3.63, 3.8) is 0 Å². The topological polar surface area (TPSA) is 21.3 Å². The second kappa shape index (κ2) is 7.53. The van der Waals surface area contributed by atoms with Crippen LogP contribution in [0.2, 0.25) is 0 Å². The summed E-state index contributed by atoms with van der Waals surface area (Å²) in [6, 6.07) is 0. The summed E-state index contributed by atoms with van der Waals surface area (Å²) < 4.78 is 5.57. The number of nitrogens with one attached hydrogen (secondary N) is 1. The zero-order valence-electron chi connectivity index (χ0n) is 10.2. The zero-order valence-corrected chi connectivity index (χ0v) is 11.0. The van der Waals surface area contributed by atoms with Gasteiger partial charge in [0.25, 0.3) is 0 Å². The maximum Gasteiger partial charge on any atom is 0.0535 e. The van der Waals surface area contributed by atoms with Gasteiger partial charge in [0.15, 0.2) is 0 Å². The van der Waals surface area contributed by atoms with E-state index in [1.165, 1.54) is 30.8 Å². The molecule has 1 N–H and O–H groups in total. The van der Waals surface area contributed by atoms with E-state index in [2.05, 4.69) is 30.9 Å². The molecule has 0 radical (unpaired) electrons. The van der Waals surface area contributed by atoms with E-state index in [1.807, 2.05) is 0 Å². The Labute approximate surface area is 98.5 Å². The molecule has 1 unspecified atom stereocenters. The van der Waals surface area contributed by atoms with Gasteiger partial charge in [0, 0.05) is 18.6 Å². The Morgan fingerprint density at radius 1 is 1.40 bits per heavy atom. The lowest BCUT2D eigenvalue weighted by atomic mass is 9.82. The molecule has 1 rings (SSSR count). The normalized spacial score (nSPS) is 26.0. The van der Waals surface area contributed by atoms with E-state index in [-0.39, 0.29) is 0 Å². The molecule has 2 nitrogen and oxygen atoms in total. The molecule has 0 saturated carbocycles. The van der Waals surface area contributed by atoms with Gasteiger partial charge in [0.2, 0.25) is 0 Å². The zero-order chi connectivity index (χ0) is 11.0. The average Bonchev–Trinajstić information content (AvgIpc) is 2.71. The lowest BCUT2D eigenvalue weighted by molar-refractivity contribution is 0.144. The van der Waals surface area contributed by atoms with Crippen molar-refractivity contribution in [3.05, 3.63) is 0 Å². The molecule has 90 valence electrons. The van der Waals surface area contributed by atoms with Crippen molar-refractivity contribution < 1.29 is 4.74 Å². The molecule has 0 aromatic heterocycles. The molecule has 1 atom stereocenters. The number of hydrogen-bond donors (Lipinski definition) is 1. The van der Waals surface area contributed by atoms with Crippen LogP contribution in [0.5, 0.6) is 0 Å². The third-order valence-electron chi connectivity index (χ3n) is 3.13. The van der Waals surface area contributed by atoms with Gasteiger partial charge in [-0.15, -0.1) is 0 Å². The summed E-state index contributed by atoms with van der Waals surface area (Å²) in [5.74, 6) is 2.56. The molecule has 0 aliphatic carbocycles. The van der Waals surface area contributed by atoms with E-state index >= 15 is 0 Å². The summed E-state index contributed by atoms with van der Waals surface area (Å²) in [4.78, 5) is 0. The van der Waals surface area contributed by atoms with Crippen molar-refractivity contribution in [3.8, 4) is 0 Å². The second-order valence-corrected chi connectivity index (χ2v) is 5.78. The summed E-state index contributed by atoms with van der Waals surface area (Å²) >= 11 is 2.05. The molecule has 0 spiro atoms. The lowest BCUT2D eigenvalue weighted by Gasteiger charge is -2.27. The summed E-state index contributed by atoms with van der Waals surface area (Å²) in [6.07, 6.45) is 3.91. The standard InChI is InChI=1S/C12H25NOS/c1-3-13-10-12(7-8-14-11-12)6-5-9-15-4-2/h13H,3-11H2,1-2H3. The third-order valence-corrected chi connectivity index (χ3v) is 4.12. The highest BCUT2D eigenvalue weighted by Crippen LogP contribution is 2.33. The van der Waals surface area contributed by atoms with Crippen LogP contribution in [0.1, 0.15) is 33.1 Å². The van der Waals surface area contributed by atoms with Crippen molar-refractivity contribution in [2.75, 3.05) is 37.8 Å². The van der Waals surface area contributed by atoms with E-state index in [0.29, 0.717) is 5.41 Å². The molecule has 1 heterocycles. The van der Waals surface area contributed by atoms with Gasteiger partial charge < -0.3 is 10.1 Å². The Kier molecular flexibility index (Phi) is 6.69. The molecule has 1 aliphatic heterocycles. The minimum Gasteiger partial charge on any atom is -0.381 e. The molecule has 1 aliphatic rings. The quantitative estimate of drug-likeness (QED) is 0.649. The number of thioether (sulfide) groups is 1. The Balaban J connectivity index is 2.23. The van der Waals surface area contributed by atoms with Gasteiger partial charge in [-0.25, -0.2) is 0 Å². The monoisotopic (exact) mass is 231 g/mol. The van der Waals surface area contributed by atoms with Crippen LogP contribution in [0.4, 0.5) is 0 Å². The molecule has 0 amide bonds. The minimum absolute atomic E-state index is 0.449. The van der Waals surface area contributed by atoms with Crippen molar-refractivity contribution >= 4 is 11.8 Å². The van der Waals surface area contributed by atoms with Gasteiger partial charge in [-0.05, 0) is 37.3 Å². The second-order valence-electron chi connectivity index (χ2n) is 4.38. The Morgan fingerprint density at radius 3 is 2.87 bits per heavy atom. The highest BCUT2D eigenvalue weighted by Gasteiger charge is 2.33. The fourth-order valence-corrected chi connectivity index (χ4v) is 2.80. The molecular formula is C12H25NOS. The van der Waals surface area contributed by atoms with Crippen LogP contribution in [0.3, 0.4) is 0 Å². The predicted molar refractivity (Wildman–Crippen MR) is 68.6 cm³/mol. The minimum atomic E-state index is 0.449. The molecule has 3 heteroatoms. The van der Waals surface area contributed by atoms with Gasteiger partial charge in [-0.1, -0.05) is 13.8 Å². The SMILES string of the molecule is CCNCC1(CCCSCC)CCOC1. The smallest absolute Gasteiger partial charge is 0.0535 e. The van der Waals surface area contributed by atoms with Gasteiger partial charge in [0.1, 0.15) is 0 Å². The van der Waals surface area contributed by atoms with Crippen LogP contribution in [0.25, 0.3) is 0 Å². The van der Waals surface area contributed by atoms with E-state index in [0.717, 1.165) is 26.3 Å². The first-order chi connectivity index (χ1) is 7.33. The molecule has 1 saturated heterocycles. The van der Waals surface area contributed by atoms with Gasteiger partial charge in [0.05, 0.1) is 6.61 Å². The molecule has 1 fully saturated rings. The summed E-state index contributed by atoms with van der Waals surface area (Å²) in [5, 5.41) is 3.49. The van der Waals surface area contributed by atoms with Crippen molar-refractivity contribution in [1.29, 1.82) is 0 Å². The highest BCUT2D eigenvalue weighted by atomic mass is 32.2. The first-order valence-electron chi connectivity index (χ1n) is 6.19. The van der Waals surface area contributed by atoms with Gasteiger partial charge in [-0.3, -0.25) is 0 Å². The molecule has 0 aromatic rings. The fourth-order valence-electron chi connectivity index (χ4n) is 2.16. The van der Waals surface area contributed by atoms with E-state index in [1.54, 1.807) is 0 Å². The third kappa shape index (κ3) is 4.75. The maximum atomic E-state index is 5.57. The number of ether oxygens (including phenoxy) is 1. The van der Waals surface area contributed by atoms with Gasteiger partial charge in [-0.2, -0.15) is 11.8 Å². The van der Waals surface area contributed by atoms with Crippen LogP contribution in [-0.4, -0.2) is 37.8 Å².